The van der Waals surface area contributed by atoms with E-state index in [4.69, 9.17) is 11.6 Å². The monoisotopic (exact) mass is 409 g/mol. The zero-order valence-electron chi connectivity index (χ0n) is 16.7. The Balaban J connectivity index is 1.26. The molecule has 4 rings (SSSR count). The van der Waals surface area contributed by atoms with Gasteiger partial charge in [-0.05, 0) is 37.1 Å². The number of aliphatic imine (C=N–C) groups is 1. The maximum Gasteiger partial charge on any atom is 0.0918 e. The normalized spacial score (nSPS) is 18.7. The third-order valence-electron chi connectivity index (χ3n) is 5.48. The molecule has 0 aliphatic carbocycles. The highest BCUT2D eigenvalue weighted by Gasteiger charge is 2.21. The van der Waals surface area contributed by atoms with Gasteiger partial charge in [0.05, 0.1) is 12.4 Å². The molecule has 0 amide bonds. The molecule has 1 fully saturated rings. The number of aromatic amines is 1. The van der Waals surface area contributed by atoms with Gasteiger partial charge in [0.1, 0.15) is 0 Å². The first-order chi connectivity index (χ1) is 14.1. The number of fused-ring (bicyclic) bond motifs is 1. The van der Waals surface area contributed by atoms with Crippen LogP contribution in [0.4, 0.5) is 0 Å². The predicted molar refractivity (Wildman–Crippen MR) is 122 cm³/mol. The number of allylic oxidation sites excluding steroid dienone is 1. The van der Waals surface area contributed by atoms with Crippen molar-refractivity contribution in [2.24, 2.45) is 4.99 Å². The molecule has 0 radical (unpaired) electrons. The molecule has 5 nitrogen and oxygen atoms in total. The Morgan fingerprint density at radius 1 is 1.31 bits per heavy atom. The highest BCUT2D eigenvalue weighted by atomic mass is 35.5. The van der Waals surface area contributed by atoms with Crippen molar-refractivity contribution < 1.29 is 0 Å². The lowest BCUT2D eigenvalue weighted by Gasteiger charge is -2.36. The summed E-state index contributed by atoms with van der Waals surface area (Å²) in [5.41, 5.74) is 4.48. The van der Waals surface area contributed by atoms with Gasteiger partial charge < -0.3 is 20.5 Å². The maximum absolute atomic E-state index is 6.07. The van der Waals surface area contributed by atoms with Crippen LogP contribution in [-0.4, -0.2) is 35.2 Å². The summed E-state index contributed by atoms with van der Waals surface area (Å²) in [4.78, 5) is 10.2. The quantitative estimate of drug-likeness (QED) is 0.592. The lowest BCUT2D eigenvalue weighted by atomic mass is 10.0. The van der Waals surface area contributed by atoms with Gasteiger partial charge in [-0.1, -0.05) is 30.8 Å². The Labute approximate surface area is 177 Å². The van der Waals surface area contributed by atoms with Crippen LogP contribution in [0.25, 0.3) is 10.9 Å². The van der Waals surface area contributed by atoms with E-state index in [-0.39, 0.29) is 0 Å². The lowest BCUT2D eigenvalue weighted by molar-refractivity contribution is 0.237. The van der Waals surface area contributed by atoms with Crippen LogP contribution in [0.2, 0.25) is 5.02 Å². The van der Waals surface area contributed by atoms with E-state index in [9.17, 15) is 0 Å². The Kier molecular flexibility index (Phi) is 5.95. The predicted octanol–water partition coefficient (Wildman–Crippen LogP) is 4.70. The fraction of sp³-hybridized carbons (Fsp3) is 0.348. The van der Waals surface area contributed by atoms with Crippen LogP contribution >= 0.6 is 11.6 Å². The number of H-pyrrole nitrogens is 1. The largest absolute Gasteiger partial charge is 0.373 e. The first-order valence-electron chi connectivity index (χ1n) is 10.2. The molecule has 6 heteroatoms. The van der Waals surface area contributed by atoms with Crippen LogP contribution in [0.1, 0.15) is 31.4 Å². The van der Waals surface area contributed by atoms with Crippen molar-refractivity contribution in [3.05, 3.63) is 71.4 Å². The molecular formula is C23H28ClN5. The summed E-state index contributed by atoms with van der Waals surface area (Å²) >= 11 is 6.07. The Bertz CT molecular complexity index is 971. The van der Waals surface area contributed by atoms with Crippen molar-refractivity contribution in [3.63, 3.8) is 0 Å². The third-order valence-corrected chi connectivity index (χ3v) is 5.71. The second-order valence-electron chi connectivity index (χ2n) is 7.77. The molecule has 29 heavy (non-hydrogen) atoms. The first-order valence-corrected chi connectivity index (χ1v) is 10.6. The highest BCUT2D eigenvalue weighted by molar-refractivity contribution is 6.31. The minimum absolute atomic E-state index is 0.364. The fourth-order valence-electron chi connectivity index (χ4n) is 3.99. The van der Waals surface area contributed by atoms with E-state index in [1.165, 1.54) is 0 Å². The zero-order valence-corrected chi connectivity index (χ0v) is 17.4. The Hall–Kier alpha value is -2.66. The van der Waals surface area contributed by atoms with Crippen molar-refractivity contribution in [2.75, 3.05) is 13.1 Å². The van der Waals surface area contributed by atoms with E-state index >= 15 is 0 Å². The van der Waals surface area contributed by atoms with E-state index in [1.807, 2.05) is 24.4 Å². The summed E-state index contributed by atoms with van der Waals surface area (Å²) in [6, 6.07) is 8.36. The summed E-state index contributed by atoms with van der Waals surface area (Å²) in [5, 5.41) is 8.80. The second kappa shape index (κ2) is 8.78. The number of hydrogen-bond donors (Lipinski definition) is 3. The van der Waals surface area contributed by atoms with Crippen LogP contribution in [0.5, 0.6) is 0 Å². The lowest BCUT2D eigenvalue weighted by Crippen LogP contribution is -2.46. The van der Waals surface area contributed by atoms with Crippen LogP contribution in [-0.2, 0) is 6.54 Å². The molecule has 0 saturated carbocycles. The maximum atomic E-state index is 6.07. The van der Waals surface area contributed by atoms with Crippen LogP contribution < -0.4 is 10.6 Å². The van der Waals surface area contributed by atoms with Gasteiger partial charge in [0.15, 0.2) is 0 Å². The molecule has 2 aromatic rings. The van der Waals surface area contributed by atoms with Gasteiger partial charge >= 0.3 is 0 Å². The van der Waals surface area contributed by atoms with Gasteiger partial charge in [-0.3, -0.25) is 4.99 Å². The Morgan fingerprint density at radius 2 is 2.21 bits per heavy atom. The van der Waals surface area contributed by atoms with Crippen LogP contribution in [0.15, 0.2) is 65.7 Å². The number of rotatable bonds is 8. The van der Waals surface area contributed by atoms with E-state index in [0.717, 1.165) is 77.6 Å². The SMILES string of the molecule is C=C(NCc1cc2cc(Cl)ccc2[nH]1)NC1CCCN(C(=C)CC2=CCC=N2)C1. The molecule has 1 aromatic carbocycles. The van der Waals surface area contributed by atoms with Gasteiger partial charge in [0.25, 0.3) is 0 Å². The molecule has 1 unspecified atom stereocenters. The minimum Gasteiger partial charge on any atom is -0.373 e. The van der Waals surface area contributed by atoms with E-state index in [1.54, 1.807) is 0 Å². The number of aromatic nitrogens is 1. The van der Waals surface area contributed by atoms with Crippen molar-refractivity contribution in [2.45, 2.75) is 38.3 Å². The molecule has 1 atom stereocenters. The summed E-state index contributed by atoms with van der Waals surface area (Å²) in [6.45, 7) is 11.1. The van der Waals surface area contributed by atoms with Crippen LogP contribution in [0, 0.1) is 0 Å². The van der Waals surface area contributed by atoms with Crippen molar-refractivity contribution in [1.29, 1.82) is 0 Å². The molecule has 152 valence electrons. The first kappa shape index (κ1) is 19.6. The van der Waals surface area contributed by atoms with E-state index in [0.29, 0.717) is 12.6 Å². The van der Waals surface area contributed by atoms with Gasteiger partial charge in [-0.25, -0.2) is 0 Å². The third kappa shape index (κ3) is 5.04. The van der Waals surface area contributed by atoms with Gasteiger partial charge in [0, 0.05) is 71.2 Å². The van der Waals surface area contributed by atoms with Crippen molar-refractivity contribution in [1.82, 2.24) is 20.5 Å². The smallest absolute Gasteiger partial charge is 0.0918 e. The van der Waals surface area contributed by atoms with Gasteiger partial charge in [-0.15, -0.1) is 0 Å². The molecule has 2 aliphatic heterocycles. The number of nitrogens with zero attached hydrogens (tertiary/aromatic N) is 2. The number of benzene rings is 1. The summed E-state index contributed by atoms with van der Waals surface area (Å²) in [7, 11) is 0. The van der Waals surface area contributed by atoms with E-state index < -0.39 is 0 Å². The Morgan fingerprint density at radius 3 is 3.03 bits per heavy atom. The van der Waals surface area contributed by atoms with Gasteiger partial charge in [-0.2, -0.15) is 0 Å². The highest BCUT2D eigenvalue weighted by Crippen LogP contribution is 2.22. The number of hydrogen-bond acceptors (Lipinski definition) is 4. The fourth-order valence-corrected chi connectivity index (χ4v) is 4.17. The summed E-state index contributed by atoms with van der Waals surface area (Å²) in [6.07, 6.45) is 8.20. The molecule has 2 aliphatic rings. The number of halogens is 1. The average molecular weight is 410 g/mol. The van der Waals surface area contributed by atoms with Crippen LogP contribution in [0.3, 0.4) is 0 Å². The number of likely N-dealkylation sites (tertiary alicyclic amines) is 1. The molecule has 1 saturated heterocycles. The second-order valence-corrected chi connectivity index (χ2v) is 8.21. The van der Waals surface area contributed by atoms with Gasteiger partial charge in [0.2, 0.25) is 0 Å². The number of piperidine rings is 1. The molecule has 3 N–H and O–H groups in total. The molecular weight excluding hydrogens is 382 g/mol. The van der Waals surface area contributed by atoms with Crippen molar-refractivity contribution >= 4 is 28.7 Å². The topological polar surface area (TPSA) is 55.5 Å². The summed E-state index contributed by atoms with van der Waals surface area (Å²) < 4.78 is 0. The molecule has 0 bridgehead atoms. The standard InChI is InChI=1S/C23H28ClN5/c1-16(11-20-5-3-9-25-20)29-10-4-6-21(15-29)27-17(2)26-14-22-13-18-12-19(24)7-8-23(18)28-22/h5,7-9,12-13,21,26-28H,1-4,6,10-11,14-15H2. The average Bonchev–Trinajstić information content (AvgIpc) is 3.35. The van der Waals surface area contributed by atoms with Crippen molar-refractivity contribution in [3.8, 4) is 0 Å². The molecule has 1 aromatic heterocycles. The van der Waals surface area contributed by atoms with E-state index in [2.05, 4.69) is 50.8 Å². The number of nitrogens with one attached hydrogen (secondary N) is 3. The summed E-state index contributed by atoms with van der Waals surface area (Å²) in [5.74, 6) is 0.849. The molecule has 3 heterocycles. The minimum atomic E-state index is 0.364. The zero-order chi connectivity index (χ0) is 20.2. The molecule has 0 spiro atoms.